The van der Waals surface area contributed by atoms with Crippen molar-refractivity contribution in [2.75, 3.05) is 13.0 Å². The first-order valence-electron chi connectivity index (χ1n) is 6.90. The summed E-state index contributed by atoms with van der Waals surface area (Å²) in [5.41, 5.74) is 1.25. The predicted molar refractivity (Wildman–Crippen MR) is 87.9 cm³/mol. The first-order valence-corrected chi connectivity index (χ1v) is 11.1. The number of aromatic hydroxyl groups is 1. The highest BCUT2D eigenvalue weighted by Gasteiger charge is 2.24. The van der Waals surface area contributed by atoms with Crippen LogP contribution in [-0.4, -0.2) is 42.2 Å². The second kappa shape index (κ2) is 8.89. The van der Waals surface area contributed by atoms with Crippen molar-refractivity contribution in [2.24, 2.45) is 0 Å². The van der Waals surface area contributed by atoms with Gasteiger partial charge in [-0.2, -0.15) is 0 Å². The summed E-state index contributed by atoms with van der Waals surface area (Å²) in [6.45, 7) is 9.15. The van der Waals surface area contributed by atoms with Crippen LogP contribution in [0.25, 0.3) is 0 Å². The second-order valence-electron chi connectivity index (χ2n) is 5.49. The highest BCUT2D eigenvalue weighted by atomic mass is 28.4. The third kappa shape index (κ3) is 7.03. The summed E-state index contributed by atoms with van der Waals surface area (Å²) in [7, 11) is -1.75. The topological polar surface area (TPSA) is 65.0 Å². The number of phenolic OH excluding ortho intramolecular Hbond substituents is 1. The molecule has 0 unspecified atom stereocenters. The van der Waals surface area contributed by atoms with Crippen molar-refractivity contribution in [1.82, 2.24) is 0 Å². The van der Waals surface area contributed by atoms with Crippen molar-refractivity contribution in [2.45, 2.75) is 26.1 Å². The standard InChI is InChI=1S/C15H22O5Si2/c1-12(2)15(17)19-10-18-11-21-20-22(3,4)9-13-7-5-6-8-14(13)16/h5-8,16H,1,9-11H2,2-4H3. The van der Waals surface area contributed by atoms with Crippen LogP contribution in [0.4, 0.5) is 0 Å². The van der Waals surface area contributed by atoms with Crippen molar-refractivity contribution in [3.05, 3.63) is 42.0 Å². The monoisotopic (exact) mass is 338 g/mol. The van der Waals surface area contributed by atoms with E-state index in [1.807, 2.05) is 12.1 Å². The number of para-hydroxylation sites is 1. The first kappa shape index (κ1) is 18.6. The molecular weight excluding hydrogens is 316 g/mol. The van der Waals surface area contributed by atoms with E-state index in [1.165, 1.54) is 0 Å². The fraction of sp³-hybridized carbons (Fsp3) is 0.400. The minimum absolute atomic E-state index is 0.0937. The van der Waals surface area contributed by atoms with Gasteiger partial charge >= 0.3 is 5.97 Å². The quantitative estimate of drug-likeness (QED) is 0.246. The molecule has 0 aliphatic heterocycles. The molecule has 0 atom stereocenters. The highest BCUT2D eigenvalue weighted by molar-refractivity contribution is 6.74. The van der Waals surface area contributed by atoms with Crippen LogP contribution in [0.1, 0.15) is 12.5 Å². The lowest BCUT2D eigenvalue weighted by molar-refractivity contribution is -0.150. The zero-order valence-corrected chi connectivity index (χ0v) is 15.2. The van der Waals surface area contributed by atoms with E-state index in [-0.39, 0.29) is 16.6 Å². The Morgan fingerprint density at radius 3 is 2.68 bits per heavy atom. The van der Waals surface area contributed by atoms with Gasteiger partial charge in [0.25, 0.3) is 0 Å². The van der Waals surface area contributed by atoms with E-state index in [1.54, 1.807) is 19.1 Å². The number of ether oxygens (including phenoxy) is 2. The molecule has 0 aliphatic rings. The summed E-state index contributed by atoms with van der Waals surface area (Å²) in [5, 5.41) is 9.80. The van der Waals surface area contributed by atoms with E-state index >= 15 is 0 Å². The molecule has 0 heterocycles. The van der Waals surface area contributed by atoms with E-state index < -0.39 is 14.3 Å². The molecule has 7 heteroatoms. The molecule has 2 radical (unpaired) electrons. The smallest absolute Gasteiger partial charge is 0.335 e. The Morgan fingerprint density at radius 1 is 1.36 bits per heavy atom. The molecule has 1 aromatic rings. The van der Waals surface area contributed by atoms with E-state index in [0.29, 0.717) is 17.6 Å². The van der Waals surface area contributed by atoms with Gasteiger partial charge in [-0.15, -0.1) is 0 Å². The molecule has 0 saturated heterocycles. The molecule has 1 rings (SSSR count). The van der Waals surface area contributed by atoms with E-state index in [2.05, 4.69) is 19.7 Å². The zero-order chi connectivity index (χ0) is 16.6. The number of phenols is 1. The van der Waals surface area contributed by atoms with Crippen LogP contribution >= 0.6 is 0 Å². The van der Waals surface area contributed by atoms with Gasteiger partial charge < -0.3 is 18.7 Å². The van der Waals surface area contributed by atoms with Gasteiger partial charge in [-0.1, -0.05) is 24.8 Å². The van der Waals surface area contributed by atoms with Crippen LogP contribution in [-0.2, 0) is 24.4 Å². The Balaban J connectivity index is 2.24. The molecule has 1 aromatic carbocycles. The summed E-state index contributed by atoms with van der Waals surface area (Å²) >= 11 is 0. The van der Waals surface area contributed by atoms with Crippen molar-refractivity contribution >= 4 is 24.0 Å². The van der Waals surface area contributed by atoms with Crippen molar-refractivity contribution in [3.8, 4) is 5.75 Å². The molecule has 5 nitrogen and oxygen atoms in total. The van der Waals surface area contributed by atoms with Gasteiger partial charge in [0.2, 0.25) is 9.76 Å². The Labute approximate surface area is 135 Å². The largest absolute Gasteiger partial charge is 0.508 e. The van der Waals surface area contributed by atoms with Crippen LogP contribution in [0.15, 0.2) is 36.4 Å². The number of rotatable bonds is 9. The zero-order valence-electron chi connectivity index (χ0n) is 13.2. The molecule has 120 valence electrons. The van der Waals surface area contributed by atoms with Crippen LogP contribution in [0.5, 0.6) is 5.75 Å². The summed E-state index contributed by atoms with van der Waals surface area (Å²) < 4.78 is 15.9. The number of hydrogen-bond acceptors (Lipinski definition) is 5. The first-order chi connectivity index (χ1) is 10.3. The number of esters is 1. The normalized spacial score (nSPS) is 11.2. The molecule has 0 aromatic heterocycles. The molecular formula is C15H22O5Si2. The van der Waals surface area contributed by atoms with Crippen molar-refractivity contribution < 1.29 is 23.5 Å². The minimum atomic E-state index is -1.92. The van der Waals surface area contributed by atoms with Crippen LogP contribution in [0.3, 0.4) is 0 Å². The third-order valence-electron chi connectivity index (χ3n) is 2.74. The highest BCUT2D eigenvalue weighted by Crippen LogP contribution is 2.21. The molecule has 1 N–H and O–H groups in total. The Morgan fingerprint density at radius 2 is 2.05 bits per heavy atom. The Bertz CT molecular complexity index is 516. The Kier molecular flexibility index (Phi) is 7.53. The van der Waals surface area contributed by atoms with E-state index in [9.17, 15) is 9.90 Å². The van der Waals surface area contributed by atoms with Gasteiger partial charge in [-0.05, 0) is 37.7 Å². The summed E-state index contributed by atoms with van der Waals surface area (Å²) in [5.74, 6) is -0.156. The average molecular weight is 339 g/mol. The fourth-order valence-corrected chi connectivity index (χ4v) is 5.15. The van der Waals surface area contributed by atoms with E-state index in [4.69, 9.17) is 13.6 Å². The van der Waals surface area contributed by atoms with Crippen molar-refractivity contribution in [1.29, 1.82) is 0 Å². The van der Waals surface area contributed by atoms with Gasteiger partial charge in [0.05, 0.1) is 6.23 Å². The number of benzene rings is 1. The van der Waals surface area contributed by atoms with Gasteiger partial charge in [0, 0.05) is 5.57 Å². The summed E-state index contributed by atoms with van der Waals surface area (Å²) in [6.07, 6.45) is 0.376. The van der Waals surface area contributed by atoms with Crippen LogP contribution in [0.2, 0.25) is 13.1 Å². The SMILES string of the molecule is C=C(C)C(=O)OCOC[Si]O[Si](C)(C)Cc1ccccc1O. The summed E-state index contributed by atoms with van der Waals surface area (Å²) in [6, 6.07) is 8.03. The maximum Gasteiger partial charge on any atom is 0.335 e. The lowest BCUT2D eigenvalue weighted by Gasteiger charge is -2.23. The molecule has 0 bridgehead atoms. The van der Waals surface area contributed by atoms with Gasteiger partial charge in [-0.25, -0.2) is 4.79 Å². The lowest BCUT2D eigenvalue weighted by Crippen LogP contribution is -2.36. The average Bonchev–Trinajstić information content (AvgIpc) is 2.44. The number of carbonyl (C=O) groups excluding carboxylic acids is 1. The van der Waals surface area contributed by atoms with E-state index in [0.717, 1.165) is 11.6 Å². The number of hydrogen-bond donors (Lipinski definition) is 1. The van der Waals surface area contributed by atoms with Gasteiger partial charge in [0.1, 0.15) is 5.75 Å². The third-order valence-corrected chi connectivity index (χ3v) is 7.08. The van der Waals surface area contributed by atoms with Crippen LogP contribution < -0.4 is 0 Å². The maximum absolute atomic E-state index is 11.1. The van der Waals surface area contributed by atoms with Crippen LogP contribution in [0, 0.1) is 0 Å². The number of carbonyl (C=O) groups is 1. The summed E-state index contributed by atoms with van der Waals surface area (Å²) in [4.78, 5) is 11.1. The molecule has 0 fully saturated rings. The fourth-order valence-electron chi connectivity index (χ4n) is 1.68. The second-order valence-corrected chi connectivity index (χ2v) is 10.8. The molecule has 22 heavy (non-hydrogen) atoms. The Hall–Kier alpha value is -1.42. The molecule has 0 saturated carbocycles. The maximum atomic E-state index is 11.1. The lowest BCUT2D eigenvalue weighted by atomic mass is 10.2. The van der Waals surface area contributed by atoms with Gasteiger partial charge in [0.15, 0.2) is 15.1 Å². The molecule has 0 amide bonds. The minimum Gasteiger partial charge on any atom is -0.508 e. The molecule has 0 spiro atoms. The van der Waals surface area contributed by atoms with Gasteiger partial charge in [-0.3, -0.25) is 0 Å². The van der Waals surface area contributed by atoms with Crippen molar-refractivity contribution in [3.63, 3.8) is 0 Å². The molecule has 0 aliphatic carbocycles. The predicted octanol–water partition coefficient (Wildman–Crippen LogP) is 2.37.